The summed E-state index contributed by atoms with van der Waals surface area (Å²) in [6.07, 6.45) is 5.13. The summed E-state index contributed by atoms with van der Waals surface area (Å²) in [7, 11) is 1.72. The predicted molar refractivity (Wildman–Crippen MR) is 117 cm³/mol. The minimum absolute atomic E-state index is 0.0843. The van der Waals surface area contributed by atoms with Crippen LogP contribution in [0.15, 0.2) is 47.5 Å². The SMILES string of the molecule is Cn1cc(-c2ccc3[nH]c(C4CCOCC4)nc3c2Oc2cnnc(Cl)c2)ccc1=O. The molecule has 8 nitrogen and oxygen atoms in total. The molecule has 0 aliphatic carbocycles. The molecule has 1 N–H and O–H groups in total. The van der Waals surface area contributed by atoms with Crippen LogP contribution in [0.2, 0.25) is 5.15 Å². The van der Waals surface area contributed by atoms with E-state index in [2.05, 4.69) is 15.2 Å². The molecule has 0 amide bonds. The van der Waals surface area contributed by atoms with Crippen LogP contribution < -0.4 is 10.3 Å². The molecule has 0 spiro atoms. The highest BCUT2D eigenvalue weighted by molar-refractivity contribution is 6.29. The number of ether oxygens (including phenoxy) is 2. The molecule has 0 unspecified atom stereocenters. The highest BCUT2D eigenvalue weighted by Gasteiger charge is 2.22. The molecule has 1 fully saturated rings. The van der Waals surface area contributed by atoms with Gasteiger partial charge in [0.05, 0.1) is 11.7 Å². The number of aromatic amines is 1. The van der Waals surface area contributed by atoms with E-state index in [4.69, 9.17) is 26.1 Å². The van der Waals surface area contributed by atoms with E-state index in [-0.39, 0.29) is 10.7 Å². The number of halogens is 1. The van der Waals surface area contributed by atoms with Gasteiger partial charge < -0.3 is 19.0 Å². The maximum Gasteiger partial charge on any atom is 0.250 e. The molecular formula is C22H20ClN5O3. The Balaban J connectivity index is 1.67. The van der Waals surface area contributed by atoms with Gasteiger partial charge in [-0.3, -0.25) is 4.79 Å². The molecule has 1 aromatic carbocycles. The predicted octanol–water partition coefficient (Wildman–Crippen LogP) is 4.06. The van der Waals surface area contributed by atoms with E-state index >= 15 is 0 Å². The lowest BCUT2D eigenvalue weighted by molar-refractivity contribution is 0.0838. The smallest absolute Gasteiger partial charge is 0.250 e. The number of aryl methyl sites for hydroxylation is 1. The Labute approximate surface area is 182 Å². The van der Waals surface area contributed by atoms with Crippen LogP contribution in [0, 0.1) is 0 Å². The van der Waals surface area contributed by atoms with Crippen LogP contribution in [0.5, 0.6) is 11.5 Å². The van der Waals surface area contributed by atoms with Gasteiger partial charge in [0, 0.05) is 55.6 Å². The van der Waals surface area contributed by atoms with Crippen LogP contribution >= 0.6 is 11.6 Å². The van der Waals surface area contributed by atoms with Crippen molar-refractivity contribution in [3.63, 3.8) is 0 Å². The number of H-pyrrole nitrogens is 1. The summed E-state index contributed by atoms with van der Waals surface area (Å²) in [6, 6.07) is 8.85. The number of nitrogens with zero attached hydrogens (tertiary/aromatic N) is 4. The fourth-order valence-corrected chi connectivity index (χ4v) is 3.97. The van der Waals surface area contributed by atoms with E-state index in [1.165, 1.54) is 16.8 Å². The van der Waals surface area contributed by atoms with Crippen molar-refractivity contribution >= 4 is 22.6 Å². The first-order valence-electron chi connectivity index (χ1n) is 10.0. The first-order valence-corrected chi connectivity index (χ1v) is 10.4. The van der Waals surface area contributed by atoms with Crippen molar-refractivity contribution < 1.29 is 9.47 Å². The van der Waals surface area contributed by atoms with Gasteiger partial charge in [-0.1, -0.05) is 11.6 Å². The Kier molecular flexibility index (Phi) is 5.17. The zero-order chi connectivity index (χ0) is 21.4. The summed E-state index contributed by atoms with van der Waals surface area (Å²) in [6.45, 7) is 1.46. The Bertz CT molecular complexity index is 1310. The van der Waals surface area contributed by atoms with Crippen LogP contribution in [0.25, 0.3) is 22.2 Å². The lowest BCUT2D eigenvalue weighted by Crippen LogP contribution is -2.15. The van der Waals surface area contributed by atoms with Gasteiger partial charge in [-0.15, -0.1) is 5.10 Å². The van der Waals surface area contributed by atoms with Crippen molar-refractivity contribution in [2.24, 2.45) is 7.05 Å². The number of fused-ring (bicyclic) bond motifs is 1. The topological polar surface area (TPSA) is 94.9 Å². The summed E-state index contributed by atoms with van der Waals surface area (Å²) in [4.78, 5) is 20.2. The second-order valence-electron chi connectivity index (χ2n) is 7.53. The van der Waals surface area contributed by atoms with Gasteiger partial charge in [0.25, 0.3) is 0 Å². The van der Waals surface area contributed by atoms with Crippen LogP contribution in [0.1, 0.15) is 24.6 Å². The van der Waals surface area contributed by atoms with E-state index in [0.29, 0.717) is 22.9 Å². The van der Waals surface area contributed by atoms with Crippen LogP contribution in [-0.2, 0) is 11.8 Å². The van der Waals surface area contributed by atoms with Crippen molar-refractivity contribution in [1.82, 2.24) is 24.7 Å². The molecule has 5 rings (SSSR count). The van der Waals surface area contributed by atoms with Crippen molar-refractivity contribution in [2.75, 3.05) is 13.2 Å². The molecule has 0 bridgehead atoms. The molecule has 9 heteroatoms. The molecule has 158 valence electrons. The van der Waals surface area contributed by atoms with Gasteiger partial charge in [0.1, 0.15) is 11.3 Å². The molecule has 1 aliphatic heterocycles. The van der Waals surface area contributed by atoms with E-state index in [1.54, 1.807) is 25.4 Å². The number of rotatable bonds is 4. The molecule has 0 atom stereocenters. The van der Waals surface area contributed by atoms with E-state index in [9.17, 15) is 4.79 Å². The number of aromatic nitrogens is 5. The van der Waals surface area contributed by atoms with Gasteiger partial charge in [-0.05, 0) is 31.0 Å². The van der Waals surface area contributed by atoms with Gasteiger partial charge >= 0.3 is 0 Å². The molecule has 4 heterocycles. The second kappa shape index (κ2) is 8.13. The molecular weight excluding hydrogens is 418 g/mol. The Morgan fingerprint density at radius 3 is 2.84 bits per heavy atom. The largest absolute Gasteiger partial charge is 0.453 e. The van der Waals surface area contributed by atoms with Crippen LogP contribution in [0.4, 0.5) is 0 Å². The summed E-state index contributed by atoms with van der Waals surface area (Å²) < 4.78 is 13.3. The highest BCUT2D eigenvalue weighted by Crippen LogP contribution is 2.39. The van der Waals surface area contributed by atoms with Crippen molar-refractivity contribution in [3.05, 3.63) is 64.1 Å². The summed E-state index contributed by atoms with van der Waals surface area (Å²) in [5.41, 5.74) is 3.14. The average Bonchev–Trinajstić information content (AvgIpc) is 3.22. The zero-order valence-corrected chi connectivity index (χ0v) is 17.6. The van der Waals surface area contributed by atoms with Crippen molar-refractivity contribution in [1.29, 1.82) is 0 Å². The fourth-order valence-electron chi connectivity index (χ4n) is 3.82. The van der Waals surface area contributed by atoms with E-state index in [0.717, 1.165) is 48.5 Å². The standard InChI is InChI=1S/C22H20ClN5O3/c1-28-12-14(2-5-19(28)29)16-3-4-17-20(21(16)31-15-10-18(23)27-24-11-15)26-22(25-17)13-6-8-30-9-7-13/h2-5,10-13H,6-9H2,1H3,(H,25,26). The van der Waals surface area contributed by atoms with Crippen LogP contribution in [0.3, 0.4) is 0 Å². The minimum Gasteiger partial charge on any atom is -0.453 e. The fraction of sp³-hybridized carbons (Fsp3) is 0.273. The summed E-state index contributed by atoms with van der Waals surface area (Å²) >= 11 is 6.00. The molecule has 0 saturated carbocycles. The molecule has 0 radical (unpaired) electrons. The number of nitrogens with one attached hydrogen (secondary N) is 1. The first-order chi connectivity index (χ1) is 15.1. The van der Waals surface area contributed by atoms with Gasteiger partial charge in [-0.2, -0.15) is 5.10 Å². The van der Waals surface area contributed by atoms with Gasteiger partial charge in [-0.25, -0.2) is 4.98 Å². The first kappa shape index (κ1) is 19.7. The lowest BCUT2D eigenvalue weighted by atomic mass is 10.00. The average molecular weight is 438 g/mol. The van der Waals surface area contributed by atoms with Gasteiger partial charge in [0.2, 0.25) is 5.56 Å². The quantitative estimate of drug-likeness (QED) is 0.517. The minimum atomic E-state index is -0.0843. The maximum absolute atomic E-state index is 11.9. The molecule has 4 aromatic rings. The molecule has 1 saturated heterocycles. The number of hydrogen-bond acceptors (Lipinski definition) is 6. The second-order valence-corrected chi connectivity index (χ2v) is 7.92. The number of imidazole rings is 1. The van der Waals surface area contributed by atoms with Gasteiger partial charge in [0.15, 0.2) is 16.7 Å². The molecule has 1 aliphatic rings. The Morgan fingerprint density at radius 1 is 1.23 bits per heavy atom. The normalized spacial score (nSPS) is 14.8. The molecule has 3 aromatic heterocycles. The third-order valence-corrected chi connectivity index (χ3v) is 5.64. The zero-order valence-electron chi connectivity index (χ0n) is 16.8. The van der Waals surface area contributed by atoms with E-state index < -0.39 is 0 Å². The third-order valence-electron chi connectivity index (χ3n) is 5.45. The van der Waals surface area contributed by atoms with Crippen LogP contribution in [-0.4, -0.2) is 37.9 Å². The highest BCUT2D eigenvalue weighted by atomic mass is 35.5. The number of pyridine rings is 1. The third kappa shape index (κ3) is 3.92. The number of hydrogen-bond donors (Lipinski definition) is 1. The maximum atomic E-state index is 11.9. The Hall–Kier alpha value is -3.23. The molecule has 31 heavy (non-hydrogen) atoms. The monoisotopic (exact) mass is 437 g/mol. The Morgan fingerprint density at radius 2 is 2.06 bits per heavy atom. The number of benzene rings is 1. The van der Waals surface area contributed by atoms with Crippen molar-refractivity contribution in [2.45, 2.75) is 18.8 Å². The summed E-state index contributed by atoms with van der Waals surface area (Å²) in [5.74, 6) is 2.25. The van der Waals surface area contributed by atoms with Crippen molar-refractivity contribution in [3.8, 4) is 22.6 Å². The lowest BCUT2D eigenvalue weighted by Gasteiger charge is -2.19. The summed E-state index contributed by atoms with van der Waals surface area (Å²) in [5, 5.41) is 7.88. The van der Waals surface area contributed by atoms with E-state index in [1.807, 2.05) is 12.1 Å².